The van der Waals surface area contributed by atoms with Crippen molar-refractivity contribution in [3.8, 4) is 11.1 Å². The Morgan fingerprint density at radius 1 is 1.21 bits per heavy atom. The molecule has 1 saturated carbocycles. The Morgan fingerprint density at radius 3 is 2.66 bits per heavy atom. The smallest absolute Gasteiger partial charge is 0.352 e. The minimum Gasteiger partial charge on any atom is -0.352 e. The number of fused-ring (bicyclic) bond motifs is 1. The number of carbonyl (C=O) groups is 1. The SMILES string of the molecule is O=C(Cn1cnc2cc(-c3ccc(C(F)(F)F)cc3Cl)cnc21)NC1CCCC1. The molecule has 4 rings (SSSR count). The number of hydrogen-bond acceptors (Lipinski definition) is 3. The van der Waals surface area contributed by atoms with Crippen LogP contribution >= 0.6 is 11.6 Å². The standard InChI is InChI=1S/C20H18ClF3N4O/c21-16-8-13(20(22,23)24)5-6-15(16)12-7-17-19(25-9-12)28(11-26-17)10-18(29)27-14-3-1-2-4-14/h5-9,11,14H,1-4,10H2,(H,27,29). The number of pyridine rings is 1. The second-order valence-corrected chi connectivity index (χ2v) is 7.59. The van der Waals surface area contributed by atoms with Crippen molar-refractivity contribution < 1.29 is 18.0 Å². The molecule has 1 aromatic carbocycles. The van der Waals surface area contributed by atoms with Crippen LogP contribution in [0.1, 0.15) is 31.2 Å². The molecule has 1 aliphatic carbocycles. The second kappa shape index (κ2) is 7.67. The van der Waals surface area contributed by atoms with Gasteiger partial charge < -0.3 is 9.88 Å². The molecule has 0 aliphatic heterocycles. The summed E-state index contributed by atoms with van der Waals surface area (Å²) in [7, 11) is 0. The molecule has 0 radical (unpaired) electrons. The third-order valence-corrected chi connectivity index (χ3v) is 5.41. The molecule has 1 amide bonds. The number of rotatable bonds is 4. The number of amides is 1. The molecule has 1 fully saturated rings. The lowest BCUT2D eigenvalue weighted by Crippen LogP contribution is -2.35. The fraction of sp³-hybridized carbons (Fsp3) is 0.350. The predicted octanol–water partition coefficient (Wildman–Crippen LogP) is 4.83. The largest absolute Gasteiger partial charge is 0.416 e. The maximum Gasteiger partial charge on any atom is 0.416 e. The molecule has 1 N–H and O–H groups in total. The van der Waals surface area contributed by atoms with E-state index in [2.05, 4.69) is 15.3 Å². The van der Waals surface area contributed by atoms with E-state index < -0.39 is 11.7 Å². The van der Waals surface area contributed by atoms with Gasteiger partial charge in [0.15, 0.2) is 5.65 Å². The lowest BCUT2D eigenvalue weighted by molar-refractivity contribution is -0.137. The van der Waals surface area contributed by atoms with Crippen molar-refractivity contribution in [1.82, 2.24) is 19.9 Å². The summed E-state index contributed by atoms with van der Waals surface area (Å²) in [6.45, 7) is 0.111. The van der Waals surface area contributed by atoms with Crippen LogP contribution in [0.5, 0.6) is 0 Å². The third-order valence-electron chi connectivity index (χ3n) is 5.10. The van der Waals surface area contributed by atoms with Gasteiger partial charge in [-0.3, -0.25) is 4.79 Å². The van der Waals surface area contributed by atoms with Gasteiger partial charge in [0.2, 0.25) is 5.91 Å². The lowest BCUT2D eigenvalue weighted by atomic mass is 10.0. The summed E-state index contributed by atoms with van der Waals surface area (Å²) >= 11 is 6.07. The molecule has 1 aliphatic rings. The first kappa shape index (κ1) is 19.7. The number of nitrogens with one attached hydrogen (secondary N) is 1. The maximum absolute atomic E-state index is 12.8. The van der Waals surface area contributed by atoms with E-state index >= 15 is 0 Å². The molecule has 0 bridgehead atoms. The molecule has 0 atom stereocenters. The molecule has 2 aromatic heterocycles. The van der Waals surface area contributed by atoms with E-state index in [9.17, 15) is 18.0 Å². The van der Waals surface area contributed by atoms with Crippen LogP contribution < -0.4 is 5.32 Å². The number of aromatic nitrogens is 3. The van der Waals surface area contributed by atoms with Crippen molar-refractivity contribution in [2.24, 2.45) is 0 Å². The van der Waals surface area contributed by atoms with Crippen LogP contribution in [0.2, 0.25) is 5.02 Å². The van der Waals surface area contributed by atoms with Gasteiger partial charge in [-0.15, -0.1) is 0 Å². The van der Waals surface area contributed by atoms with Crippen LogP contribution in [0.15, 0.2) is 36.8 Å². The number of nitrogens with zero attached hydrogens (tertiary/aromatic N) is 3. The Kier molecular flexibility index (Phi) is 5.21. The maximum atomic E-state index is 12.8. The number of hydrogen-bond donors (Lipinski definition) is 1. The van der Waals surface area contributed by atoms with Gasteiger partial charge in [0.05, 0.1) is 11.9 Å². The zero-order valence-corrected chi connectivity index (χ0v) is 16.1. The van der Waals surface area contributed by atoms with E-state index in [4.69, 9.17) is 11.6 Å². The van der Waals surface area contributed by atoms with Crippen molar-refractivity contribution in [2.75, 3.05) is 0 Å². The average molecular weight is 423 g/mol. The summed E-state index contributed by atoms with van der Waals surface area (Å²) in [6, 6.07) is 5.13. The summed E-state index contributed by atoms with van der Waals surface area (Å²) in [6.07, 6.45) is 2.87. The van der Waals surface area contributed by atoms with Crippen molar-refractivity contribution in [2.45, 2.75) is 44.4 Å². The van der Waals surface area contributed by atoms with E-state index in [1.165, 1.54) is 18.6 Å². The van der Waals surface area contributed by atoms with Gasteiger partial charge in [0.1, 0.15) is 12.1 Å². The highest BCUT2D eigenvalue weighted by molar-refractivity contribution is 6.33. The van der Waals surface area contributed by atoms with Crippen molar-refractivity contribution in [1.29, 1.82) is 0 Å². The number of alkyl halides is 3. The Morgan fingerprint density at radius 2 is 1.97 bits per heavy atom. The topological polar surface area (TPSA) is 59.8 Å². The first-order valence-electron chi connectivity index (χ1n) is 9.28. The predicted molar refractivity (Wildman–Crippen MR) is 103 cm³/mol. The summed E-state index contributed by atoms with van der Waals surface area (Å²) in [4.78, 5) is 20.9. The summed E-state index contributed by atoms with van der Waals surface area (Å²) in [5.41, 5.74) is 1.24. The Balaban J connectivity index is 1.56. The Labute approximate surface area is 169 Å². The number of carbonyl (C=O) groups excluding carboxylic acids is 1. The molecule has 3 aromatic rings. The van der Waals surface area contributed by atoms with Gasteiger partial charge in [-0.05, 0) is 31.0 Å². The van der Waals surface area contributed by atoms with Gasteiger partial charge in [-0.1, -0.05) is 30.5 Å². The van der Waals surface area contributed by atoms with E-state index in [1.807, 2.05) is 0 Å². The zero-order valence-electron chi connectivity index (χ0n) is 15.3. The molecule has 0 saturated heterocycles. The third kappa shape index (κ3) is 4.22. The average Bonchev–Trinajstić information content (AvgIpc) is 3.30. The first-order valence-corrected chi connectivity index (χ1v) is 9.66. The van der Waals surface area contributed by atoms with Gasteiger partial charge in [-0.25, -0.2) is 9.97 Å². The van der Waals surface area contributed by atoms with Crippen LogP contribution in [0.4, 0.5) is 13.2 Å². The molecular formula is C20H18ClF3N4O. The summed E-state index contributed by atoms with van der Waals surface area (Å²) in [5, 5.41) is 3.00. The second-order valence-electron chi connectivity index (χ2n) is 7.18. The van der Waals surface area contributed by atoms with E-state index in [-0.39, 0.29) is 23.5 Å². The molecule has 2 heterocycles. The quantitative estimate of drug-likeness (QED) is 0.655. The molecule has 9 heteroatoms. The monoisotopic (exact) mass is 422 g/mol. The number of halogens is 4. The minimum absolute atomic E-state index is 0.0173. The van der Waals surface area contributed by atoms with E-state index in [0.717, 1.165) is 37.8 Å². The first-order chi connectivity index (χ1) is 13.8. The van der Waals surface area contributed by atoms with Crippen LogP contribution in [0.25, 0.3) is 22.3 Å². The normalized spacial score (nSPS) is 15.2. The van der Waals surface area contributed by atoms with Gasteiger partial charge in [0, 0.05) is 28.4 Å². The highest BCUT2D eigenvalue weighted by atomic mass is 35.5. The zero-order chi connectivity index (χ0) is 20.6. The molecule has 5 nitrogen and oxygen atoms in total. The van der Waals surface area contributed by atoms with Crippen LogP contribution in [0.3, 0.4) is 0 Å². The van der Waals surface area contributed by atoms with Crippen molar-refractivity contribution >= 4 is 28.7 Å². The van der Waals surface area contributed by atoms with Gasteiger partial charge >= 0.3 is 6.18 Å². The molecule has 29 heavy (non-hydrogen) atoms. The minimum atomic E-state index is -4.46. The van der Waals surface area contributed by atoms with E-state index in [0.29, 0.717) is 22.3 Å². The van der Waals surface area contributed by atoms with Gasteiger partial charge in [-0.2, -0.15) is 13.2 Å². The van der Waals surface area contributed by atoms with Gasteiger partial charge in [0.25, 0.3) is 0 Å². The highest BCUT2D eigenvalue weighted by Crippen LogP contribution is 2.35. The summed E-state index contributed by atoms with van der Waals surface area (Å²) < 4.78 is 40.1. The molecular weight excluding hydrogens is 405 g/mol. The fourth-order valence-electron chi connectivity index (χ4n) is 3.64. The van der Waals surface area contributed by atoms with Crippen molar-refractivity contribution in [3.63, 3.8) is 0 Å². The molecule has 0 unspecified atom stereocenters. The Bertz CT molecular complexity index is 1060. The van der Waals surface area contributed by atoms with Crippen LogP contribution in [-0.2, 0) is 17.5 Å². The molecule has 152 valence electrons. The lowest BCUT2D eigenvalue weighted by Gasteiger charge is -2.12. The highest BCUT2D eigenvalue weighted by Gasteiger charge is 2.31. The number of benzene rings is 1. The van der Waals surface area contributed by atoms with Crippen molar-refractivity contribution in [3.05, 3.63) is 47.4 Å². The Hall–Kier alpha value is -2.61. The fourth-order valence-corrected chi connectivity index (χ4v) is 3.93. The number of imidazole rings is 1. The van der Waals surface area contributed by atoms with E-state index in [1.54, 1.807) is 10.6 Å². The van der Waals surface area contributed by atoms with Crippen LogP contribution in [-0.4, -0.2) is 26.5 Å². The van der Waals surface area contributed by atoms with Crippen LogP contribution in [0, 0.1) is 0 Å². The molecule has 0 spiro atoms. The summed E-state index contributed by atoms with van der Waals surface area (Å²) in [5.74, 6) is -0.0899.